The molecule has 0 radical (unpaired) electrons. The number of nitrogens with one attached hydrogen (secondary N) is 1. The van der Waals surface area contributed by atoms with Gasteiger partial charge < -0.3 is 30.4 Å². The third-order valence-electron chi connectivity index (χ3n) is 5.51. The first-order valence-electron chi connectivity index (χ1n) is 10.4. The van der Waals surface area contributed by atoms with E-state index in [9.17, 15) is 9.90 Å². The van der Waals surface area contributed by atoms with E-state index in [1.165, 1.54) is 4.90 Å². The number of hydrogen-bond acceptors (Lipinski definition) is 9. The van der Waals surface area contributed by atoms with Crippen LogP contribution in [-0.4, -0.2) is 69.0 Å². The zero-order valence-electron chi connectivity index (χ0n) is 18.0. The predicted octanol–water partition coefficient (Wildman–Crippen LogP) is 2.07. The number of nitrogens with zero attached hydrogens (tertiary/aromatic N) is 6. The van der Waals surface area contributed by atoms with Crippen molar-refractivity contribution in [2.24, 2.45) is 0 Å². The Morgan fingerprint density at radius 2 is 2.06 bits per heavy atom. The molecule has 1 fully saturated rings. The Hall–Kier alpha value is -3.73. The summed E-state index contributed by atoms with van der Waals surface area (Å²) >= 11 is 0. The molecule has 168 valence electrons. The maximum Gasteiger partial charge on any atom is 0.407 e. The van der Waals surface area contributed by atoms with Gasteiger partial charge in [0.15, 0.2) is 11.5 Å². The number of nitrogen functional groups attached to an aromatic ring is 1. The van der Waals surface area contributed by atoms with Crippen molar-refractivity contribution < 1.29 is 14.3 Å². The van der Waals surface area contributed by atoms with Crippen LogP contribution in [0.4, 0.5) is 16.4 Å². The van der Waals surface area contributed by atoms with Crippen molar-refractivity contribution >= 4 is 17.7 Å². The van der Waals surface area contributed by atoms with Gasteiger partial charge in [-0.05, 0) is 38.1 Å². The number of amides is 1. The number of hydrogen-bond donors (Lipinski definition) is 3. The summed E-state index contributed by atoms with van der Waals surface area (Å²) in [5.74, 6) is 1.32. The Kier molecular flexibility index (Phi) is 6.17. The molecule has 0 saturated carbocycles. The number of carboxylic acid groups (broad SMARTS) is 1. The van der Waals surface area contributed by atoms with Gasteiger partial charge in [-0.25, -0.2) is 14.8 Å². The van der Waals surface area contributed by atoms with Crippen LogP contribution in [0.5, 0.6) is 0 Å². The van der Waals surface area contributed by atoms with Gasteiger partial charge in [-0.2, -0.15) is 0 Å². The Bertz CT molecular complexity index is 1080. The number of rotatable bonds is 7. The van der Waals surface area contributed by atoms with Gasteiger partial charge in [-0.15, -0.1) is 10.2 Å². The first kappa shape index (κ1) is 21.5. The molecule has 4 N–H and O–H groups in total. The quantitative estimate of drug-likeness (QED) is 0.501. The number of benzene rings is 1. The van der Waals surface area contributed by atoms with Crippen molar-refractivity contribution in [3.8, 4) is 23.0 Å². The molecule has 2 aromatic heterocycles. The van der Waals surface area contributed by atoms with Crippen LogP contribution >= 0.6 is 0 Å². The van der Waals surface area contributed by atoms with Crippen LogP contribution in [0.25, 0.3) is 23.0 Å². The summed E-state index contributed by atoms with van der Waals surface area (Å²) in [7, 11) is 1.89. The van der Waals surface area contributed by atoms with E-state index in [1.54, 1.807) is 6.20 Å². The van der Waals surface area contributed by atoms with Crippen LogP contribution < -0.4 is 16.0 Å². The molecule has 1 saturated heterocycles. The topological polar surface area (TPSA) is 147 Å². The number of likely N-dealkylation sites (N-methyl/N-ethyl adjacent to an activating group) is 1. The summed E-state index contributed by atoms with van der Waals surface area (Å²) in [6.45, 7) is 4.24. The molecule has 1 aliphatic rings. The van der Waals surface area contributed by atoms with E-state index < -0.39 is 6.09 Å². The molecule has 4 rings (SSSR count). The maximum atomic E-state index is 11.4. The Balaban J connectivity index is 1.54. The summed E-state index contributed by atoms with van der Waals surface area (Å²) in [5, 5.41) is 20.7. The Labute approximate surface area is 185 Å². The van der Waals surface area contributed by atoms with Crippen molar-refractivity contribution in [2.45, 2.75) is 25.9 Å². The van der Waals surface area contributed by atoms with E-state index in [-0.39, 0.29) is 17.8 Å². The largest absolute Gasteiger partial charge is 0.465 e. The van der Waals surface area contributed by atoms with Crippen LogP contribution in [0.3, 0.4) is 0 Å². The molecule has 1 aliphatic heterocycles. The van der Waals surface area contributed by atoms with E-state index >= 15 is 0 Å². The van der Waals surface area contributed by atoms with Crippen LogP contribution in [0.15, 0.2) is 34.9 Å². The lowest BCUT2D eigenvalue weighted by atomic mass is 10.1. The molecule has 3 heterocycles. The van der Waals surface area contributed by atoms with E-state index in [0.29, 0.717) is 37.0 Å². The minimum atomic E-state index is -0.916. The van der Waals surface area contributed by atoms with Crippen LogP contribution in [0.1, 0.15) is 18.9 Å². The van der Waals surface area contributed by atoms with E-state index in [0.717, 1.165) is 24.1 Å². The maximum absolute atomic E-state index is 11.4. The van der Waals surface area contributed by atoms with Crippen molar-refractivity contribution in [3.05, 3.63) is 36.0 Å². The second-order valence-electron chi connectivity index (χ2n) is 7.56. The second kappa shape index (κ2) is 9.18. The highest BCUT2D eigenvalue weighted by molar-refractivity contribution is 5.67. The molecule has 32 heavy (non-hydrogen) atoms. The molecular formula is C21H26N8O3. The predicted molar refractivity (Wildman–Crippen MR) is 119 cm³/mol. The average molecular weight is 438 g/mol. The summed E-state index contributed by atoms with van der Waals surface area (Å²) in [4.78, 5) is 23.7. The minimum Gasteiger partial charge on any atom is -0.465 e. The molecule has 1 atom stereocenters. The number of carbonyl (C=O) groups is 1. The fraction of sp³-hybridized carbons (Fsp3) is 0.381. The highest BCUT2D eigenvalue weighted by atomic mass is 16.4. The normalized spacial score (nSPS) is 15.8. The van der Waals surface area contributed by atoms with E-state index in [1.807, 2.05) is 43.1 Å². The Morgan fingerprint density at radius 3 is 2.75 bits per heavy atom. The van der Waals surface area contributed by atoms with Gasteiger partial charge >= 0.3 is 6.09 Å². The van der Waals surface area contributed by atoms with Gasteiger partial charge in [0.2, 0.25) is 5.89 Å². The molecule has 0 spiro atoms. The van der Waals surface area contributed by atoms with E-state index in [2.05, 4.69) is 25.5 Å². The molecule has 1 amide bonds. The summed E-state index contributed by atoms with van der Waals surface area (Å²) < 4.78 is 5.84. The summed E-state index contributed by atoms with van der Waals surface area (Å²) in [6.07, 6.45) is 1.38. The molecule has 3 aromatic rings. The smallest absolute Gasteiger partial charge is 0.407 e. The first-order chi connectivity index (χ1) is 15.5. The van der Waals surface area contributed by atoms with Crippen LogP contribution in [-0.2, 0) is 6.54 Å². The van der Waals surface area contributed by atoms with Gasteiger partial charge in [-0.1, -0.05) is 12.1 Å². The molecular weight excluding hydrogens is 412 g/mol. The summed E-state index contributed by atoms with van der Waals surface area (Å²) in [6, 6.07) is 7.72. The SMILES string of the molecule is CCN(C(=O)O)[C@H]1CCN(c2cnc(N)c(-c3nnc(-c4ccc(CNC)cc4)o3)n2)C1. The van der Waals surface area contributed by atoms with Gasteiger partial charge in [-0.3, -0.25) is 0 Å². The van der Waals surface area contributed by atoms with Crippen LogP contribution in [0.2, 0.25) is 0 Å². The van der Waals surface area contributed by atoms with Crippen molar-refractivity contribution in [1.29, 1.82) is 0 Å². The lowest BCUT2D eigenvalue weighted by Crippen LogP contribution is -2.41. The second-order valence-corrected chi connectivity index (χ2v) is 7.56. The minimum absolute atomic E-state index is 0.0961. The fourth-order valence-corrected chi connectivity index (χ4v) is 3.86. The standard InChI is InChI=1S/C21H26N8O3/c1-3-29(21(30)31)15-8-9-28(12-15)16-11-24-18(22)17(25-16)20-27-26-19(32-20)14-6-4-13(5-7-14)10-23-2/h4-7,11,15,23H,3,8-10,12H2,1-2H3,(H2,22,24)(H,30,31)/t15-/m0/s1. The first-order valence-corrected chi connectivity index (χ1v) is 10.4. The zero-order chi connectivity index (χ0) is 22.7. The molecule has 11 nitrogen and oxygen atoms in total. The monoisotopic (exact) mass is 438 g/mol. The van der Waals surface area contributed by atoms with Gasteiger partial charge in [0.1, 0.15) is 5.82 Å². The van der Waals surface area contributed by atoms with Gasteiger partial charge in [0.05, 0.1) is 12.2 Å². The Morgan fingerprint density at radius 1 is 1.31 bits per heavy atom. The van der Waals surface area contributed by atoms with Crippen molar-refractivity contribution in [2.75, 3.05) is 37.3 Å². The number of aromatic nitrogens is 4. The van der Waals surface area contributed by atoms with Crippen molar-refractivity contribution in [1.82, 2.24) is 30.4 Å². The number of nitrogens with two attached hydrogens (primary N) is 1. The molecule has 0 aliphatic carbocycles. The highest BCUT2D eigenvalue weighted by Crippen LogP contribution is 2.29. The molecule has 1 aromatic carbocycles. The van der Waals surface area contributed by atoms with Gasteiger partial charge in [0, 0.05) is 31.7 Å². The third kappa shape index (κ3) is 4.33. The lowest BCUT2D eigenvalue weighted by molar-refractivity contribution is 0.131. The van der Waals surface area contributed by atoms with Crippen LogP contribution in [0, 0.1) is 0 Å². The molecule has 0 unspecified atom stereocenters. The average Bonchev–Trinajstić information content (AvgIpc) is 3.46. The fourth-order valence-electron chi connectivity index (χ4n) is 3.86. The highest BCUT2D eigenvalue weighted by Gasteiger charge is 2.31. The van der Waals surface area contributed by atoms with Gasteiger partial charge in [0.25, 0.3) is 5.89 Å². The lowest BCUT2D eigenvalue weighted by Gasteiger charge is -2.25. The molecule has 0 bridgehead atoms. The third-order valence-corrected chi connectivity index (χ3v) is 5.51. The zero-order valence-corrected chi connectivity index (χ0v) is 18.0. The van der Waals surface area contributed by atoms with Crippen molar-refractivity contribution in [3.63, 3.8) is 0 Å². The summed E-state index contributed by atoms with van der Waals surface area (Å²) in [5.41, 5.74) is 8.29. The molecule has 11 heteroatoms. The van der Waals surface area contributed by atoms with E-state index in [4.69, 9.17) is 10.2 Å². The number of anilines is 2.